The van der Waals surface area contributed by atoms with Crippen molar-refractivity contribution < 1.29 is 4.58 Å². The number of rotatable bonds is 6. The van der Waals surface area contributed by atoms with Crippen LogP contribution >= 0.6 is 11.6 Å². The molecular formula is C48H48ClN2+. The van der Waals surface area contributed by atoms with E-state index in [9.17, 15) is 0 Å². The Morgan fingerprint density at radius 1 is 0.725 bits per heavy atom. The number of allylic oxidation sites excluding steroid dienone is 8. The third kappa shape index (κ3) is 5.60. The summed E-state index contributed by atoms with van der Waals surface area (Å²) in [6.07, 6.45) is 12.4. The number of benzene rings is 5. The summed E-state index contributed by atoms with van der Waals surface area (Å²) >= 11 is 7.34. The Kier molecular flexibility index (Phi) is 8.43. The number of fused-ring (bicyclic) bond motifs is 6. The highest BCUT2D eigenvalue weighted by atomic mass is 35.5. The lowest BCUT2D eigenvalue weighted by molar-refractivity contribution is -0.455. The fourth-order valence-corrected chi connectivity index (χ4v) is 9.34. The topological polar surface area (TPSA) is 6.25 Å². The number of hydrogen-bond donors (Lipinski definition) is 0. The molecule has 51 heavy (non-hydrogen) atoms. The fraction of sp³-hybridized carbons (Fsp3) is 0.271. The van der Waals surface area contributed by atoms with Crippen LogP contribution in [0.3, 0.4) is 0 Å². The van der Waals surface area contributed by atoms with Gasteiger partial charge in [-0.25, -0.2) is 0 Å². The molecule has 0 atom stereocenters. The molecule has 5 aromatic carbocycles. The molecule has 256 valence electrons. The molecule has 3 aliphatic rings. The number of halogens is 1. The van der Waals surface area contributed by atoms with E-state index in [2.05, 4.69) is 172 Å². The molecule has 0 saturated carbocycles. The Bertz CT molecular complexity index is 2360. The second kappa shape index (κ2) is 12.8. The summed E-state index contributed by atoms with van der Waals surface area (Å²) in [4.78, 5) is 2.49. The van der Waals surface area contributed by atoms with Gasteiger partial charge >= 0.3 is 0 Å². The average molecular weight is 688 g/mol. The van der Waals surface area contributed by atoms with Crippen LogP contribution in [0.1, 0.15) is 76.1 Å². The molecule has 0 amide bonds. The van der Waals surface area contributed by atoms with Crippen LogP contribution < -0.4 is 4.90 Å². The minimum atomic E-state index is -0.182. The van der Waals surface area contributed by atoms with E-state index in [1.165, 1.54) is 77.7 Å². The van der Waals surface area contributed by atoms with E-state index in [0.717, 1.165) is 37.4 Å². The van der Waals surface area contributed by atoms with Gasteiger partial charge in [0.15, 0.2) is 12.3 Å². The molecule has 8 rings (SSSR count). The summed E-state index contributed by atoms with van der Waals surface area (Å²) in [5.74, 6) is 0. The Labute approximate surface area is 308 Å². The van der Waals surface area contributed by atoms with Crippen LogP contribution in [0.15, 0.2) is 143 Å². The first-order chi connectivity index (χ1) is 24.6. The number of hydrogen-bond acceptors (Lipinski definition) is 1. The van der Waals surface area contributed by atoms with Gasteiger partial charge in [-0.15, -0.1) is 0 Å². The smallest absolute Gasteiger partial charge is 0.210 e. The third-order valence-electron chi connectivity index (χ3n) is 11.6. The Morgan fingerprint density at radius 3 is 2.10 bits per heavy atom. The van der Waals surface area contributed by atoms with Crippen LogP contribution in [0, 0.1) is 6.92 Å². The molecule has 0 saturated heterocycles. The maximum absolute atomic E-state index is 7.34. The standard InChI is InChI=1S/C48H48ClN2/c1-7-50-40-27-23-34-13-8-10-17-38(34)44(40)47(3,4)42(50)29-25-36-15-12-16-37(46(36)49)26-30-43-48(5,6)45-39-18-11-9-14-35(39)24-28-41(45)51(43)31-33-21-19-32(2)20-22-33/h8-11,13-14,17-30H,7,12,15-16,31H2,1-6H3/q+1. The quantitative estimate of drug-likeness (QED) is 0.161. The zero-order valence-corrected chi connectivity index (χ0v) is 31.6. The molecule has 0 bridgehead atoms. The van der Waals surface area contributed by atoms with Crippen LogP contribution in [-0.2, 0) is 17.4 Å². The summed E-state index contributed by atoms with van der Waals surface area (Å²) < 4.78 is 2.53. The number of aryl methyl sites for hydroxylation is 1. The molecule has 0 unspecified atom stereocenters. The maximum atomic E-state index is 7.34. The molecular weight excluding hydrogens is 640 g/mol. The molecule has 0 radical (unpaired) electrons. The van der Waals surface area contributed by atoms with Gasteiger partial charge in [-0.1, -0.05) is 122 Å². The van der Waals surface area contributed by atoms with Crippen molar-refractivity contribution in [3.8, 4) is 0 Å². The Hall–Kier alpha value is -4.66. The van der Waals surface area contributed by atoms with Crippen LogP contribution in [0.2, 0.25) is 0 Å². The van der Waals surface area contributed by atoms with Crippen LogP contribution in [0.4, 0.5) is 11.4 Å². The zero-order chi connectivity index (χ0) is 35.5. The highest BCUT2D eigenvalue weighted by molar-refractivity contribution is 6.32. The van der Waals surface area contributed by atoms with Gasteiger partial charge < -0.3 is 4.90 Å². The van der Waals surface area contributed by atoms with Gasteiger partial charge in [0.2, 0.25) is 5.69 Å². The van der Waals surface area contributed by atoms with Gasteiger partial charge in [0, 0.05) is 51.6 Å². The predicted molar refractivity (Wildman–Crippen MR) is 219 cm³/mol. The lowest BCUT2D eigenvalue weighted by Crippen LogP contribution is -2.27. The molecule has 0 aromatic heterocycles. The summed E-state index contributed by atoms with van der Waals surface area (Å²) in [5.41, 5.74) is 12.8. The SMILES string of the molecule is CCN1C(=CC=C2CCCC(C=CC3=[N+](Cc4ccc(C)cc4)c4ccc5ccccc5c4C3(C)C)=C2Cl)C(C)(C)c2c1ccc1ccccc21. The molecule has 2 heterocycles. The van der Waals surface area contributed by atoms with E-state index in [1.54, 1.807) is 0 Å². The first-order valence-corrected chi connectivity index (χ1v) is 19.0. The third-order valence-corrected chi connectivity index (χ3v) is 12.1. The van der Waals surface area contributed by atoms with E-state index < -0.39 is 0 Å². The van der Waals surface area contributed by atoms with Gasteiger partial charge in [-0.05, 0) is 103 Å². The molecule has 3 heteroatoms. The zero-order valence-electron chi connectivity index (χ0n) is 30.9. The van der Waals surface area contributed by atoms with Crippen molar-refractivity contribution in [3.63, 3.8) is 0 Å². The van der Waals surface area contributed by atoms with E-state index in [0.29, 0.717) is 0 Å². The summed E-state index contributed by atoms with van der Waals surface area (Å²) in [7, 11) is 0. The lowest BCUT2D eigenvalue weighted by Gasteiger charge is -2.26. The second-order valence-electron chi connectivity index (χ2n) is 15.6. The first-order valence-electron chi connectivity index (χ1n) is 18.6. The van der Waals surface area contributed by atoms with Gasteiger partial charge in [-0.3, -0.25) is 0 Å². The predicted octanol–water partition coefficient (Wildman–Crippen LogP) is 12.7. The van der Waals surface area contributed by atoms with Gasteiger partial charge in [0.1, 0.15) is 0 Å². The van der Waals surface area contributed by atoms with Crippen molar-refractivity contribution in [2.24, 2.45) is 0 Å². The molecule has 2 nitrogen and oxygen atoms in total. The van der Waals surface area contributed by atoms with E-state index in [4.69, 9.17) is 11.6 Å². The summed E-state index contributed by atoms with van der Waals surface area (Å²) in [5, 5.41) is 6.16. The Morgan fingerprint density at radius 2 is 1.39 bits per heavy atom. The average Bonchev–Trinajstić information content (AvgIpc) is 3.49. The molecule has 0 N–H and O–H groups in total. The molecule has 2 aliphatic heterocycles. The minimum absolute atomic E-state index is 0.123. The highest BCUT2D eigenvalue weighted by Gasteiger charge is 2.46. The van der Waals surface area contributed by atoms with Crippen LogP contribution in [0.5, 0.6) is 0 Å². The normalized spacial score (nSPS) is 19.7. The number of anilines is 1. The summed E-state index contributed by atoms with van der Waals surface area (Å²) in [6, 6.07) is 35.7. The van der Waals surface area contributed by atoms with Crippen molar-refractivity contribution in [3.05, 3.63) is 165 Å². The molecule has 1 aliphatic carbocycles. The largest absolute Gasteiger partial charge is 0.344 e. The Balaban J connectivity index is 1.18. The van der Waals surface area contributed by atoms with Crippen LogP contribution in [-0.4, -0.2) is 16.8 Å². The maximum Gasteiger partial charge on any atom is 0.210 e. The molecule has 5 aromatic rings. The second-order valence-corrected chi connectivity index (χ2v) is 16.0. The van der Waals surface area contributed by atoms with Gasteiger partial charge in [-0.2, -0.15) is 4.58 Å². The van der Waals surface area contributed by atoms with Crippen molar-refractivity contribution in [1.29, 1.82) is 0 Å². The minimum Gasteiger partial charge on any atom is -0.344 e. The lowest BCUT2D eigenvalue weighted by atomic mass is 9.78. The fourth-order valence-electron chi connectivity index (χ4n) is 9.02. The first kappa shape index (κ1) is 33.5. The van der Waals surface area contributed by atoms with E-state index in [1.807, 2.05) is 0 Å². The molecule has 0 fully saturated rings. The van der Waals surface area contributed by atoms with Crippen molar-refractivity contribution >= 4 is 50.2 Å². The van der Waals surface area contributed by atoms with Crippen molar-refractivity contribution in [1.82, 2.24) is 0 Å². The van der Waals surface area contributed by atoms with Gasteiger partial charge in [0.25, 0.3) is 0 Å². The van der Waals surface area contributed by atoms with E-state index >= 15 is 0 Å². The van der Waals surface area contributed by atoms with Crippen molar-refractivity contribution in [2.75, 3.05) is 11.4 Å². The monoisotopic (exact) mass is 687 g/mol. The summed E-state index contributed by atoms with van der Waals surface area (Å²) in [6.45, 7) is 15.7. The van der Waals surface area contributed by atoms with E-state index in [-0.39, 0.29) is 10.8 Å². The number of likely N-dealkylation sites (N-methyl/N-ethyl adjacent to an activating group) is 1. The highest BCUT2D eigenvalue weighted by Crippen LogP contribution is 2.51. The molecule has 0 spiro atoms. The van der Waals surface area contributed by atoms with Gasteiger partial charge in [0.05, 0.1) is 5.41 Å². The number of nitrogens with zero attached hydrogens (tertiary/aromatic N) is 2. The van der Waals surface area contributed by atoms with Crippen molar-refractivity contribution in [2.45, 2.75) is 78.2 Å². The van der Waals surface area contributed by atoms with Crippen LogP contribution in [0.25, 0.3) is 21.5 Å².